The van der Waals surface area contributed by atoms with Crippen molar-refractivity contribution in [3.05, 3.63) is 129 Å². The van der Waals surface area contributed by atoms with E-state index in [1.165, 1.54) is 29.2 Å². The predicted octanol–water partition coefficient (Wildman–Crippen LogP) is 7.71. The van der Waals surface area contributed by atoms with E-state index >= 15 is 0 Å². The number of sulfonamides is 1. The summed E-state index contributed by atoms with van der Waals surface area (Å²) in [6.45, 7) is 5.09. The number of hydrogen-bond donors (Lipinski definition) is 1. The number of aryl methyl sites for hydroxylation is 1. The molecule has 46 heavy (non-hydrogen) atoms. The summed E-state index contributed by atoms with van der Waals surface area (Å²) in [5, 5.41) is 4.04. The van der Waals surface area contributed by atoms with Gasteiger partial charge in [0, 0.05) is 24.0 Å². The molecule has 242 valence electrons. The fraction of sp³-hybridized carbons (Fsp3) is 0.257. The zero-order valence-corrected chi connectivity index (χ0v) is 28.9. The van der Waals surface area contributed by atoms with Crippen LogP contribution in [0.3, 0.4) is 0 Å². The minimum Gasteiger partial charge on any atom is -0.352 e. The number of hydrogen-bond acceptors (Lipinski definition) is 4. The van der Waals surface area contributed by atoms with Crippen LogP contribution >= 0.6 is 34.8 Å². The van der Waals surface area contributed by atoms with Crippen molar-refractivity contribution in [1.82, 2.24) is 10.2 Å². The van der Waals surface area contributed by atoms with Crippen molar-refractivity contribution in [1.29, 1.82) is 0 Å². The molecule has 0 aromatic heterocycles. The van der Waals surface area contributed by atoms with Gasteiger partial charge in [0.15, 0.2) is 0 Å². The minimum absolute atomic E-state index is 0.0240. The molecule has 4 rings (SSSR count). The Balaban J connectivity index is 1.82. The maximum Gasteiger partial charge on any atom is 0.264 e. The summed E-state index contributed by atoms with van der Waals surface area (Å²) in [5.74, 6) is -0.931. The van der Waals surface area contributed by atoms with E-state index in [1.807, 2.05) is 57.2 Å². The van der Waals surface area contributed by atoms with Gasteiger partial charge in [-0.15, -0.1) is 0 Å². The smallest absolute Gasteiger partial charge is 0.264 e. The Kier molecular flexibility index (Phi) is 12.1. The second kappa shape index (κ2) is 15.8. The van der Waals surface area contributed by atoms with Crippen molar-refractivity contribution in [3.8, 4) is 0 Å². The lowest BCUT2D eigenvalue weighted by Crippen LogP contribution is -2.54. The summed E-state index contributed by atoms with van der Waals surface area (Å²) in [6, 6.07) is 25.9. The molecule has 0 bridgehead atoms. The Bertz CT molecular complexity index is 1770. The molecule has 0 spiro atoms. The van der Waals surface area contributed by atoms with E-state index in [1.54, 1.807) is 36.4 Å². The Morgan fingerprint density at radius 3 is 2.15 bits per heavy atom. The number of anilines is 1. The van der Waals surface area contributed by atoms with Gasteiger partial charge in [-0.05, 0) is 85.5 Å². The number of nitrogens with zero attached hydrogens (tertiary/aromatic N) is 2. The topological polar surface area (TPSA) is 86.8 Å². The van der Waals surface area contributed by atoms with Crippen LogP contribution in [0.25, 0.3) is 0 Å². The van der Waals surface area contributed by atoms with Crippen LogP contribution in [0.1, 0.15) is 37.0 Å². The lowest BCUT2D eigenvalue weighted by atomic mass is 10.0. The van der Waals surface area contributed by atoms with Gasteiger partial charge < -0.3 is 10.2 Å². The van der Waals surface area contributed by atoms with Gasteiger partial charge >= 0.3 is 0 Å². The van der Waals surface area contributed by atoms with E-state index < -0.39 is 28.5 Å². The Morgan fingerprint density at radius 1 is 0.826 bits per heavy atom. The third-order valence-electron chi connectivity index (χ3n) is 7.58. The van der Waals surface area contributed by atoms with Crippen LogP contribution in [-0.4, -0.2) is 43.8 Å². The van der Waals surface area contributed by atoms with Crippen molar-refractivity contribution in [2.45, 2.75) is 57.1 Å². The molecule has 4 aromatic carbocycles. The first-order valence-corrected chi connectivity index (χ1v) is 17.4. The molecule has 0 saturated carbocycles. The van der Waals surface area contributed by atoms with Crippen LogP contribution in [0, 0.1) is 6.92 Å². The third-order valence-corrected chi connectivity index (χ3v) is 10.4. The Morgan fingerprint density at radius 2 is 1.52 bits per heavy atom. The summed E-state index contributed by atoms with van der Waals surface area (Å²) >= 11 is 18.6. The summed E-state index contributed by atoms with van der Waals surface area (Å²) in [4.78, 5) is 29.9. The maximum atomic E-state index is 14.6. The number of carbonyl (C=O) groups is 2. The highest BCUT2D eigenvalue weighted by molar-refractivity contribution is 7.92. The van der Waals surface area contributed by atoms with Gasteiger partial charge in [-0.2, -0.15) is 0 Å². The van der Waals surface area contributed by atoms with Gasteiger partial charge in [0.05, 0.1) is 20.6 Å². The first kappa shape index (κ1) is 35.3. The number of carbonyl (C=O) groups excluding carboxylic acids is 2. The molecule has 0 aliphatic rings. The van der Waals surface area contributed by atoms with E-state index in [2.05, 4.69) is 5.32 Å². The second-order valence-corrected chi connectivity index (χ2v) is 14.2. The Labute approximate surface area is 286 Å². The fourth-order valence-corrected chi connectivity index (χ4v) is 6.73. The first-order valence-electron chi connectivity index (χ1n) is 14.8. The number of nitrogens with one attached hydrogen (secondary N) is 1. The highest BCUT2D eigenvalue weighted by Crippen LogP contribution is 2.28. The molecule has 0 heterocycles. The lowest BCUT2D eigenvalue weighted by molar-refractivity contribution is -0.140. The highest BCUT2D eigenvalue weighted by atomic mass is 35.5. The number of amides is 2. The molecule has 2 atom stereocenters. The summed E-state index contributed by atoms with van der Waals surface area (Å²) in [5.41, 5.74) is 2.58. The first-order chi connectivity index (χ1) is 21.9. The highest BCUT2D eigenvalue weighted by Gasteiger charge is 2.35. The summed E-state index contributed by atoms with van der Waals surface area (Å²) in [6.07, 6.45) is 0.884. The number of halogens is 3. The quantitative estimate of drug-likeness (QED) is 0.155. The van der Waals surface area contributed by atoms with Gasteiger partial charge in [-0.1, -0.05) is 90.3 Å². The molecule has 0 saturated heterocycles. The van der Waals surface area contributed by atoms with Crippen LogP contribution in [0.5, 0.6) is 0 Å². The standard InChI is InChI=1S/C35H36Cl3N3O4S/c1-4-25(3)39-35(43)33(21-26-10-6-5-7-11-26)40(22-27-13-18-31(37)32(38)20-27)34(42)23-41(29-12-8-9-24(2)19-29)46(44,45)30-16-14-28(36)15-17-30/h5-20,25,33H,4,21-23H2,1-3H3,(H,39,43)/t25-,33-/m0/s1. The molecule has 11 heteroatoms. The second-order valence-electron chi connectivity index (χ2n) is 11.1. The molecule has 0 aliphatic carbocycles. The average Bonchev–Trinajstić information content (AvgIpc) is 3.03. The van der Waals surface area contributed by atoms with Crippen LogP contribution in [0.4, 0.5) is 5.69 Å². The van der Waals surface area contributed by atoms with Gasteiger partial charge in [0.25, 0.3) is 10.0 Å². The fourth-order valence-electron chi connectivity index (χ4n) is 4.88. The van der Waals surface area contributed by atoms with Crippen molar-refractivity contribution in [2.24, 2.45) is 0 Å². The van der Waals surface area contributed by atoms with Crippen molar-refractivity contribution >= 4 is 62.3 Å². The van der Waals surface area contributed by atoms with Crippen LogP contribution in [0.15, 0.2) is 102 Å². The van der Waals surface area contributed by atoms with Gasteiger partial charge in [-0.3, -0.25) is 13.9 Å². The molecule has 2 amide bonds. The monoisotopic (exact) mass is 699 g/mol. The van der Waals surface area contributed by atoms with Crippen molar-refractivity contribution in [2.75, 3.05) is 10.8 Å². The largest absolute Gasteiger partial charge is 0.352 e. The third kappa shape index (κ3) is 9.04. The van der Waals surface area contributed by atoms with Crippen LogP contribution in [-0.2, 0) is 32.6 Å². The van der Waals surface area contributed by atoms with Crippen LogP contribution < -0.4 is 9.62 Å². The van der Waals surface area contributed by atoms with E-state index in [9.17, 15) is 18.0 Å². The summed E-state index contributed by atoms with van der Waals surface area (Å²) < 4.78 is 29.3. The summed E-state index contributed by atoms with van der Waals surface area (Å²) in [7, 11) is -4.24. The van der Waals surface area contributed by atoms with E-state index in [0.717, 1.165) is 15.4 Å². The Hall–Kier alpha value is -3.56. The molecule has 0 unspecified atom stereocenters. The van der Waals surface area contributed by atoms with Gasteiger partial charge in [0.2, 0.25) is 11.8 Å². The molecule has 0 fully saturated rings. The average molecular weight is 701 g/mol. The zero-order chi connectivity index (χ0) is 33.4. The molecular formula is C35H36Cl3N3O4S. The predicted molar refractivity (Wildman–Crippen MR) is 186 cm³/mol. The molecule has 4 aromatic rings. The maximum absolute atomic E-state index is 14.6. The van der Waals surface area contributed by atoms with Crippen LogP contribution in [0.2, 0.25) is 15.1 Å². The molecule has 1 N–H and O–H groups in total. The number of rotatable bonds is 13. The molecule has 0 radical (unpaired) electrons. The minimum atomic E-state index is -4.24. The van der Waals surface area contributed by atoms with E-state index in [0.29, 0.717) is 32.7 Å². The number of benzene rings is 4. The SMILES string of the molecule is CC[C@H](C)NC(=O)[C@H](Cc1ccccc1)N(Cc1ccc(Cl)c(Cl)c1)C(=O)CN(c1cccc(C)c1)S(=O)(=O)c1ccc(Cl)cc1. The lowest BCUT2D eigenvalue weighted by Gasteiger charge is -2.34. The molecule has 0 aliphatic heterocycles. The van der Waals surface area contributed by atoms with Gasteiger partial charge in [-0.25, -0.2) is 8.42 Å². The normalized spacial score (nSPS) is 12.7. The van der Waals surface area contributed by atoms with Crippen molar-refractivity contribution < 1.29 is 18.0 Å². The molecule has 7 nitrogen and oxygen atoms in total. The van der Waals surface area contributed by atoms with E-state index in [-0.39, 0.29) is 29.8 Å². The molecular weight excluding hydrogens is 665 g/mol. The zero-order valence-electron chi connectivity index (χ0n) is 25.8. The van der Waals surface area contributed by atoms with E-state index in [4.69, 9.17) is 34.8 Å². The van der Waals surface area contributed by atoms with Gasteiger partial charge in [0.1, 0.15) is 12.6 Å². The van der Waals surface area contributed by atoms with Crippen molar-refractivity contribution in [3.63, 3.8) is 0 Å².